The number of allylic oxidation sites excluding steroid dienone is 1. The summed E-state index contributed by atoms with van der Waals surface area (Å²) in [6, 6.07) is 0. The molecule has 0 amide bonds. The monoisotopic (exact) mass is 140 g/mol. The first-order valence-corrected chi connectivity index (χ1v) is 3.68. The van der Waals surface area contributed by atoms with Crippen molar-refractivity contribution in [2.45, 2.75) is 31.8 Å². The van der Waals surface area contributed by atoms with Crippen molar-refractivity contribution in [1.29, 1.82) is 0 Å². The van der Waals surface area contributed by atoms with Crippen LogP contribution in [0.4, 0.5) is 0 Å². The van der Waals surface area contributed by atoms with Gasteiger partial charge in [0.15, 0.2) is 5.78 Å². The molecule has 0 spiro atoms. The zero-order valence-corrected chi connectivity index (χ0v) is 5.92. The van der Waals surface area contributed by atoms with Crippen LogP contribution in [-0.2, 0) is 4.79 Å². The normalized spacial score (nSPS) is 30.9. The van der Waals surface area contributed by atoms with Gasteiger partial charge in [0.05, 0.1) is 6.10 Å². The molecule has 2 nitrogen and oxygen atoms in total. The summed E-state index contributed by atoms with van der Waals surface area (Å²) in [5.41, 5.74) is 0. The number of aliphatic hydroxyl groups excluding tert-OH is 1. The summed E-state index contributed by atoms with van der Waals surface area (Å²) >= 11 is 0. The fraction of sp³-hybridized carbons (Fsp3) is 0.625. The quantitative estimate of drug-likeness (QED) is 0.546. The van der Waals surface area contributed by atoms with E-state index in [0.29, 0.717) is 6.42 Å². The Bertz CT molecular complexity index is 149. The molecular formula is C8H12O2. The molecule has 0 aromatic rings. The van der Waals surface area contributed by atoms with Gasteiger partial charge in [-0.2, -0.15) is 0 Å². The van der Waals surface area contributed by atoms with E-state index in [1.165, 1.54) is 6.08 Å². The van der Waals surface area contributed by atoms with Crippen LogP contribution in [-0.4, -0.2) is 17.0 Å². The van der Waals surface area contributed by atoms with Crippen molar-refractivity contribution in [2.75, 3.05) is 0 Å². The molecule has 1 rings (SSSR count). The van der Waals surface area contributed by atoms with Gasteiger partial charge in [0.1, 0.15) is 0 Å². The lowest BCUT2D eigenvalue weighted by Crippen LogP contribution is -2.06. The molecule has 0 aromatic carbocycles. The molecule has 0 radical (unpaired) electrons. The number of hydrogen-bond acceptors (Lipinski definition) is 2. The lowest BCUT2D eigenvalue weighted by Gasteiger charge is -2.07. The molecule has 0 aliphatic heterocycles. The third-order valence-corrected chi connectivity index (χ3v) is 1.68. The van der Waals surface area contributed by atoms with E-state index >= 15 is 0 Å². The number of aliphatic hydroxyl groups is 1. The summed E-state index contributed by atoms with van der Waals surface area (Å²) in [5, 5.41) is 9.09. The standard InChI is InChI=1S/C8H12O2/c9-7-3-1-2-4-8(10)6-5-7/h5-7,9H,1-4H2/b6-5-/t7-/m1/s1. The van der Waals surface area contributed by atoms with Gasteiger partial charge in [-0.05, 0) is 18.9 Å². The lowest BCUT2D eigenvalue weighted by atomic mass is 10.0. The molecule has 1 aliphatic rings. The van der Waals surface area contributed by atoms with E-state index in [4.69, 9.17) is 5.11 Å². The fourth-order valence-corrected chi connectivity index (χ4v) is 1.05. The first-order chi connectivity index (χ1) is 4.79. The molecule has 2 heteroatoms. The molecule has 1 N–H and O–H groups in total. The number of carbonyl (C=O) groups excluding carboxylic acids is 1. The van der Waals surface area contributed by atoms with E-state index in [9.17, 15) is 4.79 Å². The predicted molar refractivity (Wildman–Crippen MR) is 38.6 cm³/mol. The van der Waals surface area contributed by atoms with E-state index in [1.807, 2.05) is 0 Å². The van der Waals surface area contributed by atoms with Crippen molar-refractivity contribution < 1.29 is 9.90 Å². The van der Waals surface area contributed by atoms with Crippen LogP contribution in [0, 0.1) is 0 Å². The number of hydrogen-bond donors (Lipinski definition) is 1. The van der Waals surface area contributed by atoms with Crippen molar-refractivity contribution >= 4 is 5.78 Å². The fourth-order valence-electron chi connectivity index (χ4n) is 1.05. The highest BCUT2D eigenvalue weighted by Gasteiger charge is 2.05. The Morgan fingerprint density at radius 2 is 2.30 bits per heavy atom. The zero-order chi connectivity index (χ0) is 7.40. The highest BCUT2D eigenvalue weighted by molar-refractivity contribution is 5.89. The van der Waals surface area contributed by atoms with Crippen molar-refractivity contribution in [3.63, 3.8) is 0 Å². The summed E-state index contributed by atoms with van der Waals surface area (Å²) in [6.07, 6.45) is 5.99. The third-order valence-electron chi connectivity index (χ3n) is 1.68. The maximum absolute atomic E-state index is 10.8. The average molecular weight is 140 g/mol. The Morgan fingerprint density at radius 1 is 1.50 bits per heavy atom. The van der Waals surface area contributed by atoms with Crippen molar-refractivity contribution in [3.8, 4) is 0 Å². The topological polar surface area (TPSA) is 37.3 Å². The smallest absolute Gasteiger partial charge is 0.155 e. The minimum absolute atomic E-state index is 0.138. The van der Waals surface area contributed by atoms with Gasteiger partial charge >= 0.3 is 0 Å². The highest BCUT2D eigenvalue weighted by atomic mass is 16.3. The average Bonchev–Trinajstić information content (AvgIpc) is 1.90. The molecule has 0 bridgehead atoms. The van der Waals surface area contributed by atoms with Gasteiger partial charge in [0.2, 0.25) is 0 Å². The van der Waals surface area contributed by atoms with Crippen molar-refractivity contribution in [1.82, 2.24) is 0 Å². The van der Waals surface area contributed by atoms with Crippen LogP contribution >= 0.6 is 0 Å². The zero-order valence-electron chi connectivity index (χ0n) is 5.92. The van der Waals surface area contributed by atoms with Crippen LogP contribution in [0.5, 0.6) is 0 Å². The number of carbonyl (C=O) groups is 1. The molecule has 0 saturated heterocycles. The van der Waals surface area contributed by atoms with Gasteiger partial charge in [0.25, 0.3) is 0 Å². The van der Waals surface area contributed by atoms with Crippen molar-refractivity contribution in [2.24, 2.45) is 0 Å². The SMILES string of the molecule is O=C1/C=C\[C@H](O)CCCC1. The Balaban J connectivity index is 2.50. The first-order valence-electron chi connectivity index (χ1n) is 3.68. The Kier molecular flexibility index (Phi) is 2.63. The maximum Gasteiger partial charge on any atom is 0.155 e. The Morgan fingerprint density at radius 3 is 3.10 bits per heavy atom. The van der Waals surface area contributed by atoms with Crippen LogP contribution in [0.2, 0.25) is 0 Å². The molecule has 0 unspecified atom stereocenters. The maximum atomic E-state index is 10.8. The van der Waals surface area contributed by atoms with Gasteiger partial charge < -0.3 is 5.11 Å². The van der Waals surface area contributed by atoms with E-state index in [1.54, 1.807) is 6.08 Å². The molecule has 0 fully saturated rings. The summed E-state index contributed by atoms with van der Waals surface area (Å²) in [6.45, 7) is 0. The number of ketones is 1. The minimum atomic E-state index is -0.399. The molecule has 1 atom stereocenters. The molecule has 56 valence electrons. The highest BCUT2D eigenvalue weighted by Crippen LogP contribution is 2.08. The summed E-state index contributed by atoms with van der Waals surface area (Å²) in [4.78, 5) is 10.8. The third kappa shape index (κ3) is 2.31. The Hall–Kier alpha value is -0.630. The van der Waals surface area contributed by atoms with E-state index in [2.05, 4.69) is 0 Å². The molecule has 0 saturated carbocycles. The minimum Gasteiger partial charge on any atom is -0.389 e. The molecular weight excluding hydrogens is 128 g/mol. The number of rotatable bonds is 0. The van der Waals surface area contributed by atoms with E-state index < -0.39 is 6.10 Å². The van der Waals surface area contributed by atoms with Gasteiger partial charge in [-0.3, -0.25) is 4.79 Å². The summed E-state index contributed by atoms with van der Waals surface area (Å²) in [7, 11) is 0. The molecule has 10 heavy (non-hydrogen) atoms. The second-order valence-electron chi connectivity index (χ2n) is 2.64. The first kappa shape index (κ1) is 7.48. The van der Waals surface area contributed by atoms with Gasteiger partial charge in [-0.15, -0.1) is 0 Å². The van der Waals surface area contributed by atoms with Gasteiger partial charge in [-0.25, -0.2) is 0 Å². The molecule has 1 aliphatic carbocycles. The molecule has 0 aromatic heterocycles. The predicted octanol–water partition coefficient (Wildman–Crippen LogP) is 1.05. The van der Waals surface area contributed by atoms with E-state index in [-0.39, 0.29) is 5.78 Å². The van der Waals surface area contributed by atoms with Crippen LogP contribution in [0.1, 0.15) is 25.7 Å². The Labute approximate surface area is 60.6 Å². The lowest BCUT2D eigenvalue weighted by molar-refractivity contribution is -0.114. The second kappa shape index (κ2) is 3.52. The van der Waals surface area contributed by atoms with Crippen LogP contribution in [0.25, 0.3) is 0 Å². The summed E-state index contributed by atoms with van der Waals surface area (Å²) < 4.78 is 0. The van der Waals surface area contributed by atoms with Gasteiger partial charge in [0, 0.05) is 6.42 Å². The summed E-state index contributed by atoms with van der Waals surface area (Å²) in [5.74, 6) is 0.138. The molecule has 0 heterocycles. The van der Waals surface area contributed by atoms with Crippen LogP contribution in [0.15, 0.2) is 12.2 Å². The van der Waals surface area contributed by atoms with Crippen LogP contribution < -0.4 is 0 Å². The van der Waals surface area contributed by atoms with E-state index in [0.717, 1.165) is 19.3 Å². The second-order valence-corrected chi connectivity index (χ2v) is 2.64. The van der Waals surface area contributed by atoms with Crippen LogP contribution in [0.3, 0.4) is 0 Å². The largest absolute Gasteiger partial charge is 0.389 e. The van der Waals surface area contributed by atoms with Crippen molar-refractivity contribution in [3.05, 3.63) is 12.2 Å². The van der Waals surface area contributed by atoms with Gasteiger partial charge in [-0.1, -0.05) is 12.5 Å².